The molecule has 6 nitrogen and oxygen atoms in total. The summed E-state index contributed by atoms with van der Waals surface area (Å²) in [4.78, 5) is 7.73. The first-order valence-corrected chi connectivity index (χ1v) is 4.50. The number of nitrogen functional groups attached to an aromatic ring is 2. The van der Waals surface area contributed by atoms with E-state index in [0.29, 0.717) is 18.3 Å². The molecule has 0 saturated carbocycles. The van der Waals surface area contributed by atoms with E-state index in [1.807, 2.05) is 0 Å². The molecule has 0 amide bonds. The van der Waals surface area contributed by atoms with Crippen LogP contribution in [0.5, 0.6) is 5.88 Å². The van der Waals surface area contributed by atoms with Crippen molar-refractivity contribution in [3.63, 3.8) is 0 Å². The zero-order valence-corrected chi connectivity index (χ0v) is 8.16. The molecule has 1 rings (SSSR count). The Labute approximate surface area is 82.6 Å². The van der Waals surface area contributed by atoms with Crippen molar-refractivity contribution in [3.05, 3.63) is 6.07 Å². The van der Waals surface area contributed by atoms with E-state index in [4.69, 9.17) is 16.3 Å². The second-order valence-electron chi connectivity index (χ2n) is 2.80. The monoisotopic (exact) mass is 197 g/mol. The normalized spacial score (nSPS) is 9.86. The third-order valence-electron chi connectivity index (χ3n) is 1.62. The zero-order valence-electron chi connectivity index (χ0n) is 8.16. The van der Waals surface area contributed by atoms with Gasteiger partial charge in [0.1, 0.15) is 5.82 Å². The summed E-state index contributed by atoms with van der Waals surface area (Å²) >= 11 is 0. The number of hydrazine groups is 1. The van der Waals surface area contributed by atoms with E-state index < -0.39 is 0 Å². The zero-order chi connectivity index (χ0) is 10.4. The Morgan fingerprint density at radius 3 is 2.93 bits per heavy atom. The van der Waals surface area contributed by atoms with Crippen LogP contribution in [0.3, 0.4) is 0 Å². The third kappa shape index (κ3) is 3.06. The summed E-state index contributed by atoms with van der Waals surface area (Å²) in [7, 11) is 0. The number of anilines is 2. The van der Waals surface area contributed by atoms with Crippen LogP contribution < -0.4 is 21.7 Å². The van der Waals surface area contributed by atoms with Crippen LogP contribution >= 0.6 is 0 Å². The SMILES string of the molecule is CCCCOc1cc(NN)nc(N)n1. The van der Waals surface area contributed by atoms with Crippen molar-refractivity contribution in [1.82, 2.24) is 9.97 Å². The number of hydrogen-bond acceptors (Lipinski definition) is 6. The van der Waals surface area contributed by atoms with Crippen LogP contribution in [0, 0.1) is 0 Å². The standard InChI is InChI=1S/C8H15N5O/c1-2-3-4-14-7-5-6(13-10)11-8(9)12-7/h5H,2-4,10H2,1H3,(H3,9,11,12,13). The smallest absolute Gasteiger partial charge is 0.225 e. The molecule has 0 bridgehead atoms. The number of ether oxygens (including phenoxy) is 1. The Morgan fingerprint density at radius 1 is 1.50 bits per heavy atom. The lowest BCUT2D eigenvalue weighted by atomic mass is 10.4. The van der Waals surface area contributed by atoms with Gasteiger partial charge >= 0.3 is 0 Å². The molecule has 0 atom stereocenters. The van der Waals surface area contributed by atoms with Gasteiger partial charge in [0, 0.05) is 6.07 Å². The maximum Gasteiger partial charge on any atom is 0.225 e. The van der Waals surface area contributed by atoms with Gasteiger partial charge in [0.25, 0.3) is 0 Å². The largest absolute Gasteiger partial charge is 0.477 e. The fourth-order valence-corrected chi connectivity index (χ4v) is 0.912. The Kier molecular flexibility index (Phi) is 3.93. The summed E-state index contributed by atoms with van der Waals surface area (Å²) in [6.07, 6.45) is 2.05. The second kappa shape index (κ2) is 5.23. The predicted octanol–water partition coefficient (Wildman–Crippen LogP) is 0.523. The van der Waals surface area contributed by atoms with Gasteiger partial charge in [-0.3, -0.25) is 0 Å². The maximum absolute atomic E-state index is 5.44. The predicted molar refractivity (Wildman–Crippen MR) is 54.7 cm³/mol. The van der Waals surface area contributed by atoms with E-state index in [2.05, 4.69) is 22.3 Å². The van der Waals surface area contributed by atoms with Crippen molar-refractivity contribution >= 4 is 11.8 Å². The lowest BCUT2D eigenvalue weighted by Gasteiger charge is -2.06. The Balaban J connectivity index is 2.62. The van der Waals surface area contributed by atoms with Gasteiger partial charge in [-0.1, -0.05) is 13.3 Å². The highest BCUT2D eigenvalue weighted by atomic mass is 16.5. The molecule has 0 radical (unpaired) electrons. The van der Waals surface area contributed by atoms with Crippen LogP contribution in [-0.4, -0.2) is 16.6 Å². The quantitative estimate of drug-likeness (QED) is 0.361. The minimum Gasteiger partial charge on any atom is -0.477 e. The number of rotatable bonds is 5. The number of nitrogens with two attached hydrogens (primary N) is 2. The van der Waals surface area contributed by atoms with Gasteiger partial charge in [-0.2, -0.15) is 9.97 Å². The average molecular weight is 197 g/mol. The molecule has 6 heteroatoms. The second-order valence-corrected chi connectivity index (χ2v) is 2.80. The van der Waals surface area contributed by atoms with Gasteiger partial charge in [-0.15, -0.1) is 0 Å². The number of unbranched alkanes of at least 4 members (excludes halogenated alkanes) is 1. The molecule has 1 heterocycles. The Morgan fingerprint density at radius 2 is 2.29 bits per heavy atom. The lowest BCUT2D eigenvalue weighted by Crippen LogP contribution is -2.11. The average Bonchev–Trinajstić information content (AvgIpc) is 2.17. The van der Waals surface area contributed by atoms with E-state index in [0.717, 1.165) is 12.8 Å². The van der Waals surface area contributed by atoms with Crippen LogP contribution in [-0.2, 0) is 0 Å². The van der Waals surface area contributed by atoms with Gasteiger partial charge < -0.3 is 15.9 Å². The number of nitrogens with zero attached hydrogens (tertiary/aromatic N) is 2. The van der Waals surface area contributed by atoms with E-state index in [1.54, 1.807) is 6.07 Å². The summed E-state index contributed by atoms with van der Waals surface area (Å²) in [6.45, 7) is 2.71. The molecule has 0 unspecified atom stereocenters. The molecule has 0 fully saturated rings. The summed E-state index contributed by atoms with van der Waals surface area (Å²) < 4.78 is 5.34. The molecular weight excluding hydrogens is 182 g/mol. The highest BCUT2D eigenvalue weighted by molar-refractivity contribution is 5.41. The van der Waals surface area contributed by atoms with E-state index in [1.165, 1.54) is 0 Å². The van der Waals surface area contributed by atoms with Crippen molar-refractivity contribution in [2.24, 2.45) is 5.84 Å². The van der Waals surface area contributed by atoms with Crippen LogP contribution in [0.15, 0.2) is 6.07 Å². The van der Waals surface area contributed by atoms with Gasteiger partial charge in [0.15, 0.2) is 0 Å². The fourth-order valence-electron chi connectivity index (χ4n) is 0.912. The van der Waals surface area contributed by atoms with Gasteiger partial charge in [0.05, 0.1) is 6.61 Å². The van der Waals surface area contributed by atoms with Crippen molar-refractivity contribution in [2.75, 3.05) is 17.8 Å². The van der Waals surface area contributed by atoms with Gasteiger partial charge in [0.2, 0.25) is 11.8 Å². The topological polar surface area (TPSA) is 99.1 Å². The van der Waals surface area contributed by atoms with E-state index in [-0.39, 0.29) is 5.95 Å². The molecule has 0 aliphatic rings. The molecule has 1 aromatic heterocycles. The van der Waals surface area contributed by atoms with Crippen molar-refractivity contribution in [3.8, 4) is 5.88 Å². The first-order chi connectivity index (χ1) is 6.76. The highest BCUT2D eigenvalue weighted by Crippen LogP contribution is 2.13. The molecule has 14 heavy (non-hydrogen) atoms. The van der Waals surface area contributed by atoms with Crippen LogP contribution in [0.2, 0.25) is 0 Å². The Hall–Kier alpha value is -1.56. The van der Waals surface area contributed by atoms with Gasteiger partial charge in [-0.05, 0) is 6.42 Å². The number of aromatic nitrogens is 2. The lowest BCUT2D eigenvalue weighted by molar-refractivity contribution is 0.298. The molecular formula is C8H15N5O. The Bertz CT molecular complexity index is 291. The van der Waals surface area contributed by atoms with Crippen LogP contribution in [0.1, 0.15) is 19.8 Å². The molecule has 5 N–H and O–H groups in total. The summed E-state index contributed by atoms with van der Waals surface area (Å²) in [5.41, 5.74) is 7.83. The molecule has 0 aromatic carbocycles. The molecule has 0 aliphatic carbocycles. The summed E-state index contributed by atoms with van der Waals surface area (Å²) in [6, 6.07) is 1.60. The summed E-state index contributed by atoms with van der Waals surface area (Å²) in [5, 5.41) is 0. The maximum atomic E-state index is 5.44. The molecule has 78 valence electrons. The van der Waals surface area contributed by atoms with Crippen LogP contribution in [0.25, 0.3) is 0 Å². The van der Waals surface area contributed by atoms with E-state index >= 15 is 0 Å². The van der Waals surface area contributed by atoms with Crippen molar-refractivity contribution in [2.45, 2.75) is 19.8 Å². The van der Waals surface area contributed by atoms with Crippen LogP contribution in [0.4, 0.5) is 11.8 Å². The minimum atomic E-state index is 0.145. The molecule has 0 aliphatic heterocycles. The summed E-state index contributed by atoms with van der Waals surface area (Å²) in [5.74, 6) is 6.23. The fraction of sp³-hybridized carbons (Fsp3) is 0.500. The first kappa shape index (κ1) is 10.5. The minimum absolute atomic E-state index is 0.145. The van der Waals surface area contributed by atoms with Crippen molar-refractivity contribution < 1.29 is 4.74 Å². The molecule has 0 saturated heterocycles. The first-order valence-electron chi connectivity index (χ1n) is 4.50. The van der Waals surface area contributed by atoms with E-state index in [9.17, 15) is 0 Å². The highest BCUT2D eigenvalue weighted by Gasteiger charge is 2.01. The number of hydrogen-bond donors (Lipinski definition) is 3. The molecule has 0 spiro atoms. The number of nitrogens with one attached hydrogen (secondary N) is 1. The van der Waals surface area contributed by atoms with Gasteiger partial charge in [-0.25, -0.2) is 5.84 Å². The molecule has 1 aromatic rings. The van der Waals surface area contributed by atoms with Crippen molar-refractivity contribution in [1.29, 1.82) is 0 Å². The third-order valence-corrected chi connectivity index (χ3v) is 1.62.